The normalized spacial score (nSPS) is 14.2. The number of anilines is 1. The molecular formula is C10H11N3O3. The highest BCUT2D eigenvalue weighted by molar-refractivity contribution is 5.92. The van der Waals surface area contributed by atoms with Gasteiger partial charge in [-0.15, -0.1) is 0 Å². The van der Waals surface area contributed by atoms with E-state index in [-0.39, 0.29) is 17.8 Å². The van der Waals surface area contributed by atoms with Gasteiger partial charge in [-0.2, -0.15) is 0 Å². The standard InChI is InChI=1S/C10H11N3O3/c14-9(15)8-5-7(3-4-11-8)13-10(16)12-6-1-2-6/h3-6H,1-2H2,(H,14,15)(H2,11,12,13,16). The van der Waals surface area contributed by atoms with Crippen LogP contribution in [-0.2, 0) is 0 Å². The molecule has 0 aromatic carbocycles. The van der Waals surface area contributed by atoms with Crippen molar-refractivity contribution in [3.05, 3.63) is 24.0 Å². The smallest absolute Gasteiger partial charge is 0.354 e. The molecule has 1 aliphatic carbocycles. The van der Waals surface area contributed by atoms with Crippen molar-refractivity contribution in [1.82, 2.24) is 10.3 Å². The topological polar surface area (TPSA) is 91.3 Å². The monoisotopic (exact) mass is 221 g/mol. The average Bonchev–Trinajstić information content (AvgIpc) is 3.01. The van der Waals surface area contributed by atoms with E-state index in [0.29, 0.717) is 5.69 Å². The minimum Gasteiger partial charge on any atom is -0.477 e. The first-order chi connectivity index (χ1) is 7.65. The first-order valence-corrected chi connectivity index (χ1v) is 4.92. The fourth-order valence-corrected chi connectivity index (χ4v) is 1.21. The van der Waals surface area contributed by atoms with Crippen molar-refractivity contribution >= 4 is 17.7 Å². The Bertz CT molecular complexity index is 429. The molecular weight excluding hydrogens is 210 g/mol. The Kier molecular flexibility index (Phi) is 2.72. The maximum atomic E-state index is 11.4. The second kappa shape index (κ2) is 4.18. The number of aromatic carboxylic acids is 1. The minimum absolute atomic E-state index is 0.0933. The van der Waals surface area contributed by atoms with Crippen LogP contribution in [0, 0.1) is 0 Å². The number of nitrogens with zero attached hydrogens (tertiary/aromatic N) is 1. The third-order valence-electron chi connectivity index (χ3n) is 2.15. The number of rotatable bonds is 3. The fraction of sp³-hybridized carbons (Fsp3) is 0.300. The number of pyridine rings is 1. The van der Waals surface area contributed by atoms with Crippen molar-refractivity contribution in [1.29, 1.82) is 0 Å². The Morgan fingerprint density at radius 1 is 1.44 bits per heavy atom. The number of hydrogen-bond acceptors (Lipinski definition) is 3. The van der Waals surface area contributed by atoms with Crippen molar-refractivity contribution in [3.63, 3.8) is 0 Å². The van der Waals surface area contributed by atoms with Crippen molar-refractivity contribution in [2.24, 2.45) is 0 Å². The lowest BCUT2D eigenvalue weighted by atomic mass is 10.3. The maximum absolute atomic E-state index is 11.4. The van der Waals surface area contributed by atoms with Crippen LogP contribution in [0.2, 0.25) is 0 Å². The summed E-state index contributed by atoms with van der Waals surface area (Å²) in [6.45, 7) is 0. The predicted octanol–water partition coefficient (Wildman–Crippen LogP) is 1.06. The van der Waals surface area contributed by atoms with Crippen LogP contribution in [0.5, 0.6) is 0 Å². The number of carboxylic acid groups (broad SMARTS) is 1. The molecule has 6 heteroatoms. The largest absolute Gasteiger partial charge is 0.477 e. The van der Waals surface area contributed by atoms with Gasteiger partial charge in [-0.3, -0.25) is 0 Å². The van der Waals surface area contributed by atoms with E-state index in [9.17, 15) is 9.59 Å². The van der Waals surface area contributed by atoms with Crippen molar-refractivity contribution in [2.75, 3.05) is 5.32 Å². The average molecular weight is 221 g/mol. The molecule has 0 saturated heterocycles. The van der Waals surface area contributed by atoms with E-state index in [4.69, 9.17) is 5.11 Å². The molecule has 0 spiro atoms. The molecule has 0 aliphatic heterocycles. The first kappa shape index (κ1) is 10.4. The molecule has 84 valence electrons. The second-order valence-corrected chi connectivity index (χ2v) is 3.61. The molecule has 2 amide bonds. The van der Waals surface area contributed by atoms with Crippen molar-refractivity contribution < 1.29 is 14.7 Å². The van der Waals surface area contributed by atoms with Gasteiger partial charge in [0.1, 0.15) is 5.69 Å². The molecule has 3 N–H and O–H groups in total. The zero-order valence-corrected chi connectivity index (χ0v) is 8.43. The van der Waals surface area contributed by atoms with Crippen molar-refractivity contribution in [3.8, 4) is 0 Å². The van der Waals surface area contributed by atoms with E-state index in [1.807, 2.05) is 0 Å². The summed E-state index contributed by atoms with van der Waals surface area (Å²) in [6, 6.07) is 2.80. The lowest BCUT2D eigenvalue weighted by molar-refractivity contribution is 0.0690. The number of urea groups is 1. The number of carboxylic acids is 1. The van der Waals surface area contributed by atoms with Gasteiger partial charge in [0.2, 0.25) is 0 Å². The summed E-state index contributed by atoms with van der Waals surface area (Å²) < 4.78 is 0. The van der Waals surface area contributed by atoms with E-state index in [0.717, 1.165) is 12.8 Å². The maximum Gasteiger partial charge on any atom is 0.354 e. The van der Waals surface area contributed by atoms with Gasteiger partial charge in [0.25, 0.3) is 0 Å². The molecule has 1 heterocycles. The highest BCUT2D eigenvalue weighted by Gasteiger charge is 2.23. The zero-order chi connectivity index (χ0) is 11.5. The van der Waals surface area contributed by atoms with Gasteiger partial charge >= 0.3 is 12.0 Å². The summed E-state index contributed by atoms with van der Waals surface area (Å²) in [5.74, 6) is -1.12. The predicted molar refractivity (Wildman–Crippen MR) is 56.4 cm³/mol. The molecule has 1 saturated carbocycles. The Labute approximate surface area is 91.7 Å². The molecule has 0 atom stereocenters. The fourth-order valence-electron chi connectivity index (χ4n) is 1.21. The summed E-state index contributed by atoms with van der Waals surface area (Å²) in [7, 11) is 0. The van der Waals surface area contributed by atoms with Crippen LogP contribution in [0.1, 0.15) is 23.3 Å². The van der Waals surface area contributed by atoms with Gasteiger partial charge < -0.3 is 15.7 Å². The third-order valence-corrected chi connectivity index (χ3v) is 2.15. The van der Waals surface area contributed by atoms with E-state index < -0.39 is 5.97 Å². The molecule has 0 bridgehead atoms. The minimum atomic E-state index is -1.12. The van der Waals surface area contributed by atoms with Crippen LogP contribution in [0.15, 0.2) is 18.3 Å². The van der Waals surface area contributed by atoms with Crippen LogP contribution in [-0.4, -0.2) is 28.1 Å². The molecule has 16 heavy (non-hydrogen) atoms. The Hall–Kier alpha value is -2.11. The summed E-state index contributed by atoms with van der Waals surface area (Å²) in [4.78, 5) is 25.6. The van der Waals surface area contributed by atoms with Crippen molar-refractivity contribution in [2.45, 2.75) is 18.9 Å². The molecule has 0 radical (unpaired) electrons. The quantitative estimate of drug-likeness (QED) is 0.711. The number of hydrogen-bond donors (Lipinski definition) is 3. The Morgan fingerprint density at radius 2 is 2.19 bits per heavy atom. The van der Waals surface area contributed by atoms with E-state index in [1.165, 1.54) is 12.3 Å². The number of amides is 2. The summed E-state index contributed by atoms with van der Waals surface area (Å²) >= 11 is 0. The summed E-state index contributed by atoms with van der Waals surface area (Å²) in [5, 5.41) is 14.0. The Morgan fingerprint density at radius 3 is 2.81 bits per heavy atom. The molecule has 1 fully saturated rings. The molecule has 0 unspecified atom stereocenters. The van der Waals surface area contributed by atoms with E-state index in [1.54, 1.807) is 6.07 Å². The van der Waals surface area contributed by atoms with Gasteiger partial charge in [0.15, 0.2) is 0 Å². The number of carbonyl (C=O) groups is 2. The molecule has 6 nitrogen and oxygen atoms in total. The third kappa shape index (κ3) is 2.69. The van der Waals surface area contributed by atoms with Gasteiger partial charge in [-0.1, -0.05) is 0 Å². The Balaban J connectivity index is 1.99. The SMILES string of the molecule is O=C(Nc1ccnc(C(=O)O)c1)NC1CC1. The highest BCUT2D eigenvalue weighted by Crippen LogP contribution is 2.18. The van der Waals surface area contributed by atoms with Gasteiger partial charge in [0, 0.05) is 17.9 Å². The first-order valence-electron chi connectivity index (χ1n) is 4.92. The lowest BCUT2D eigenvalue weighted by Crippen LogP contribution is -2.30. The van der Waals surface area contributed by atoms with Gasteiger partial charge in [0.05, 0.1) is 0 Å². The van der Waals surface area contributed by atoms with Gasteiger partial charge in [-0.05, 0) is 25.0 Å². The number of carbonyl (C=O) groups excluding carboxylic acids is 1. The molecule has 1 aromatic rings. The second-order valence-electron chi connectivity index (χ2n) is 3.61. The lowest BCUT2D eigenvalue weighted by Gasteiger charge is -2.06. The van der Waals surface area contributed by atoms with Crippen LogP contribution in [0.3, 0.4) is 0 Å². The van der Waals surface area contributed by atoms with Gasteiger partial charge in [-0.25, -0.2) is 14.6 Å². The van der Waals surface area contributed by atoms with Crippen LogP contribution in [0.4, 0.5) is 10.5 Å². The highest BCUT2D eigenvalue weighted by atomic mass is 16.4. The van der Waals surface area contributed by atoms with Crippen LogP contribution in [0.25, 0.3) is 0 Å². The summed E-state index contributed by atoms with van der Waals surface area (Å²) in [6.07, 6.45) is 3.35. The molecule has 1 aliphatic rings. The number of nitrogens with one attached hydrogen (secondary N) is 2. The summed E-state index contributed by atoms with van der Waals surface area (Å²) in [5.41, 5.74) is 0.328. The number of aromatic nitrogens is 1. The van der Waals surface area contributed by atoms with Crippen LogP contribution >= 0.6 is 0 Å². The zero-order valence-electron chi connectivity index (χ0n) is 8.43. The van der Waals surface area contributed by atoms with Crippen LogP contribution < -0.4 is 10.6 Å². The molecule has 2 rings (SSSR count). The van der Waals surface area contributed by atoms with E-state index in [2.05, 4.69) is 15.6 Å². The molecule has 1 aromatic heterocycles. The van der Waals surface area contributed by atoms with E-state index >= 15 is 0 Å².